The van der Waals surface area contributed by atoms with Crippen molar-refractivity contribution in [1.29, 1.82) is 5.26 Å². The molecule has 6 rings (SSSR count). The summed E-state index contributed by atoms with van der Waals surface area (Å²) in [6.45, 7) is 0.313. The van der Waals surface area contributed by atoms with Crippen LogP contribution in [-0.2, 0) is 20.9 Å². The highest BCUT2D eigenvalue weighted by Crippen LogP contribution is 2.60. The van der Waals surface area contributed by atoms with Crippen molar-refractivity contribution < 1.29 is 19.4 Å². The highest BCUT2D eigenvalue weighted by molar-refractivity contribution is 5.89. The molecule has 30 heavy (non-hydrogen) atoms. The number of hydrogen-bond acceptors (Lipinski definition) is 5. The van der Waals surface area contributed by atoms with Crippen LogP contribution in [0.5, 0.6) is 0 Å². The van der Waals surface area contributed by atoms with Gasteiger partial charge in [0, 0.05) is 13.0 Å². The van der Waals surface area contributed by atoms with Gasteiger partial charge >= 0.3 is 5.97 Å². The molecule has 0 radical (unpaired) electrons. The Morgan fingerprint density at radius 2 is 1.67 bits per heavy atom. The quantitative estimate of drug-likeness (QED) is 0.774. The Bertz CT molecular complexity index is 852. The zero-order valence-electron chi connectivity index (χ0n) is 17.1. The molecule has 1 aliphatic heterocycles. The summed E-state index contributed by atoms with van der Waals surface area (Å²) in [6, 6.07) is 8.24. The summed E-state index contributed by atoms with van der Waals surface area (Å²) in [5.74, 6) is 1.56. The molecular formula is C24H28N2O4. The third-order valence-corrected chi connectivity index (χ3v) is 7.77. The number of likely N-dealkylation sites (tertiary alicyclic amines) is 1. The van der Waals surface area contributed by atoms with E-state index in [1.54, 1.807) is 29.2 Å². The van der Waals surface area contributed by atoms with Gasteiger partial charge in [-0.1, -0.05) is 12.1 Å². The SMILES string of the molecule is N#Cc1ccc(COC(=O)C2CC(O)CN2C(=O)C23CC4CC(CC(C4)C2)C3)cc1. The molecule has 0 spiro atoms. The maximum Gasteiger partial charge on any atom is 0.329 e. The number of carbonyl (C=O) groups is 2. The molecule has 5 aliphatic rings. The molecule has 4 bridgehead atoms. The Morgan fingerprint density at radius 1 is 1.07 bits per heavy atom. The predicted octanol–water partition coefficient (Wildman–Crippen LogP) is 2.78. The molecule has 1 aromatic carbocycles. The number of aliphatic hydroxyl groups is 1. The van der Waals surface area contributed by atoms with Crippen LogP contribution in [0, 0.1) is 34.5 Å². The van der Waals surface area contributed by atoms with Crippen molar-refractivity contribution in [3.8, 4) is 6.07 Å². The van der Waals surface area contributed by atoms with Crippen LogP contribution in [0.25, 0.3) is 0 Å². The van der Waals surface area contributed by atoms with Crippen molar-refractivity contribution in [1.82, 2.24) is 4.90 Å². The summed E-state index contributed by atoms with van der Waals surface area (Å²) in [7, 11) is 0. The van der Waals surface area contributed by atoms with Crippen molar-refractivity contribution in [2.75, 3.05) is 6.54 Å². The number of rotatable bonds is 4. The predicted molar refractivity (Wildman–Crippen MR) is 108 cm³/mol. The van der Waals surface area contributed by atoms with Gasteiger partial charge in [0.15, 0.2) is 0 Å². The highest BCUT2D eigenvalue weighted by Gasteiger charge is 2.57. The van der Waals surface area contributed by atoms with E-state index >= 15 is 0 Å². The van der Waals surface area contributed by atoms with Gasteiger partial charge in [-0.25, -0.2) is 4.79 Å². The van der Waals surface area contributed by atoms with Gasteiger partial charge < -0.3 is 14.7 Å². The first kappa shape index (κ1) is 19.6. The third kappa shape index (κ3) is 3.39. The molecule has 1 N–H and O–H groups in total. The number of amides is 1. The average Bonchev–Trinajstić information content (AvgIpc) is 3.12. The van der Waals surface area contributed by atoms with Crippen LogP contribution in [0.1, 0.15) is 56.1 Å². The van der Waals surface area contributed by atoms with Gasteiger partial charge in [0.1, 0.15) is 12.6 Å². The Morgan fingerprint density at radius 3 is 2.23 bits per heavy atom. The summed E-state index contributed by atoms with van der Waals surface area (Å²) >= 11 is 0. The van der Waals surface area contributed by atoms with Crippen molar-refractivity contribution >= 4 is 11.9 Å². The van der Waals surface area contributed by atoms with Crippen LogP contribution in [0.15, 0.2) is 24.3 Å². The van der Waals surface area contributed by atoms with Gasteiger partial charge in [-0.15, -0.1) is 0 Å². The van der Waals surface area contributed by atoms with Gasteiger partial charge in [0.2, 0.25) is 5.91 Å². The van der Waals surface area contributed by atoms with Crippen LogP contribution in [0.4, 0.5) is 0 Å². The molecule has 5 fully saturated rings. The molecule has 4 aliphatic carbocycles. The Hall–Kier alpha value is -2.39. The molecule has 1 aromatic rings. The lowest BCUT2D eigenvalue weighted by molar-refractivity contribution is -0.166. The molecule has 4 saturated carbocycles. The topological polar surface area (TPSA) is 90.6 Å². The van der Waals surface area contributed by atoms with Gasteiger partial charge in [-0.05, 0) is 74.0 Å². The second kappa shape index (κ2) is 7.39. The minimum atomic E-state index is -0.709. The number of aliphatic hydroxyl groups excluding tert-OH is 1. The lowest BCUT2D eigenvalue weighted by Gasteiger charge is -2.56. The summed E-state index contributed by atoms with van der Waals surface area (Å²) in [5, 5.41) is 19.1. The molecule has 2 unspecified atom stereocenters. The van der Waals surface area contributed by atoms with E-state index in [4.69, 9.17) is 10.00 Å². The van der Waals surface area contributed by atoms with E-state index in [-0.39, 0.29) is 30.9 Å². The van der Waals surface area contributed by atoms with E-state index in [1.807, 2.05) is 0 Å². The molecule has 0 aromatic heterocycles. The van der Waals surface area contributed by atoms with E-state index in [1.165, 1.54) is 19.3 Å². The highest BCUT2D eigenvalue weighted by atomic mass is 16.5. The second-order valence-corrected chi connectivity index (χ2v) is 9.98. The zero-order valence-corrected chi connectivity index (χ0v) is 17.1. The van der Waals surface area contributed by atoms with Crippen molar-refractivity contribution in [3.05, 3.63) is 35.4 Å². The first-order valence-electron chi connectivity index (χ1n) is 11.1. The first-order valence-corrected chi connectivity index (χ1v) is 11.1. The number of hydrogen-bond donors (Lipinski definition) is 1. The fourth-order valence-electron chi connectivity index (χ4n) is 6.87. The molecule has 6 nitrogen and oxygen atoms in total. The Labute approximate surface area is 176 Å². The molecule has 1 amide bonds. The van der Waals surface area contributed by atoms with Gasteiger partial charge in [0.25, 0.3) is 0 Å². The maximum absolute atomic E-state index is 13.7. The fraction of sp³-hybridized carbons (Fsp3) is 0.625. The van der Waals surface area contributed by atoms with E-state index < -0.39 is 18.1 Å². The molecule has 6 heteroatoms. The molecule has 1 heterocycles. The van der Waals surface area contributed by atoms with E-state index in [0.717, 1.165) is 24.8 Å². The maximum atomic E-state index is 13.7. The summed E-state index contributed by atoms with van der Waals surface area (Å²) < 4.78 is 5.51. The summed E-state index contributed by atoms with van der Waals surface area (Å²) in [6.07, 6.45) is 6.15. The minimum absolute atomic E-state index is 0.0680. The summed E-state index contributed by atoms with van der Waals surface area (Å²) in [4.78, 5) is 28.2. The number of carbonyl (C=O) groups excluding carboxylic acids is 2. The van der Waals surface area contributed by atoms with Crippen molar-refractivity contribution in [2.24, 2.45) is 23.2 Å². The van der Waals surface area contributed by atoms with Crippen LogP contribution < -0.4 is 0 Å². The number of nitriles is 1. The largest absolute Gasteiger partial charge is 0.459 e. The number of nitrogens with zero attached hydrogens (tertiary/aromatic N) is 2. The number of esters is 1. The molecular weight excluding hydrogens is 380 g/mol. The molecule has 158 valence electrons. The fourth-order valence-corrected chi connectivity index (χ4v) is 6.87. The van der Waals surface area contributed by atoms with E-state index in [2.05, 4.69) is 6.07 Å². The van der Waals surface area contributed by atoms with Crippen molar-refractivity contribution in [3.63, 3.8) is 0 Å². The van der Waals surface area contributed by atoms with Crippen LogP contribution >= 0.6 is 0 Å². The third-order valence-electron chi connectivity index (χ3n) is 7.77. The van der Waals surface area contributed by atoms with Crippen LogP contribution in [0.3, 0.4) is 0 Å². The standard InChI is InChI=1S/C24H28N2O4/c25-12-15-1-3-16(4-2-15)14-30-22(28)21-8-20(27)13-26(21)23(29)24-9-17-5-18(10-24)7-19(6-17)11-24/h1-4,17-21,27H,5-11,13-14H2. The number of ether oxygens (including phenoxy) is 1. The first-order chi connectivity index (χ1) is 14.5. The molecule has 2 atom stereocenters. The smallest absolute Gasteiger partial charge is 0.329 e. The second-order valence-electron chi connectivity index (χ2n) is 9.98. The Kier molecular flexibility index (Phi) is 4.82. The summed E-state index contributed by atoms with van der Waals surface area (Å²) in [5.41, 5.74) is 1.01. The van der Waals surface area contributed by atoms with Gasteiger partial charge in [-0.2, -0.15) is 5.26 Å². The van der Waals surface area contributed by atoms with Gasteiger partial charge in [0.05, 0.1) is 23.2 Å². The molecule has 1 saturated heterocycles. The monoisotopic (exact) mass is 408 g/mol. The lowest BCUT2D eigenvalue weighted by Crippen LogP contribution is -2.56. The van der Waals surface area contributed by atoms with Crippen molar-refractivity contribution in [2.45, 2.75) is 63.7 Å². The number of benzene rings is 1. The lowest BCUT2D eigenvalue weighted by atomic mass is 9.49. The number of β-amino-alcohol motifs (C(OH)–C–C–N with tert-alkyl or cyclic N) is 1. The normalized spacial score (nSPS) is 36.5. The van der Waals surface area contributed by atoms with Gasteiger partial charge in [-0.3, -0.25) is 4.79 Å². The Balaban J connectivity index is 1.28. The van der Waals surface area contributed by atoms with E-state index in [9.17, 15) is 14.7 Å². The minimum Gasteiger partial charge on any atom is -0.459 e. The van der Waals surface area contributed by atoms with Crippen LogP contribution in [0.2, 0.25) is 0 Å². The average molecular weight is 408 g/mol. The van der Waals surface area contributed by atoms with Crippen LogP contribution in [-0.4, -0.2) is 40.6 Å². The van der Waals surface area contributed by atoms with E-state index in [0.29, 0.717) is 23.3 Å². The zero-order chi connectivity index (χ0) is 20.9.